The summed E-state index contributed by atoms with van der Waals surface area (Å²) in [5, 5.41) is 9.92. The highest BCUT2D eigenvalue weighted by molar-refractivity contribution is 5.13. The zero-order valence-electron chi connectivity index (χ0n) is 5.13. The Morgan fingerprint density at radius 1 is 1.89 bits per heavy atom. The van der Waals surface area contributed by atoms with Gasteiger partial charge in [-0.05, 0) is 6.08 Å². The van der Waals surface area contributed by atoms with Crippen LogP contribution in [0.2, 0.25) is 0 Å². The molecule has 0 amide bonds. The fourth-order valence-electron chi connectivity index (χ4n) is 0.253. The Morgan fingerprint density at radius 3 is 2.44 bits per heavy atom. The van der Waals surface area contributed by atoms with Crippen LogP contribution < -0.4 is 5.73 Å². The molecule has 0 heterocycles. The molecule has 0 aliphatic rings. The van der Waals surface area contributed by atoms with Gasteiger partial charge in [0.1, 0.15) is 5.70 Å². The van der Waals surface area contributed by atoms with Crippen molar-refractivity contribution in [2.75, 3.05) is 0 Å². The zero-order valence-corrected chi connectivity index (χ0v) is 5.13. The normalized spacial score (nSPS) is 12.1. The van der Waals surface area contributed by atoms with E-state index in [0.717, 1.165) is 0 Å². The zero-order chi connectivity index (χ0) is 7.44. The van der Waals surface area contributed by atoms with Gasteiger partial charge >= 0.3 is 0 Å². The van der Waals surface area contributed by atoms with Crippen molar-refractivity contribution in [2.24, 2.45) is 5.73 Å². The number of nitrogens with two attached hydrogens (primary N) is 1. The molecule has 50 valence electrons. The SMILES string of the molecule is C=C/C(N)=C(\C)[N+](=O)[O-]. The van der Waals surface area contributed by atoms with E-state index >= 15 is 0 Å². The van der Waals surface area contributed by atoms with Gasteiger partial charge in [-0.25, -0.2) is 0 Å². The molecule has 0 atom stereocenters. The highest BCUT2D eigenvalue weighted by Gasteiger charge is 2.04. The van der Waals surface area contributed by atoms with Gasteiger partial charge in [0.2, 0.25) is 0 Å². The monoisotopic (exact) mass is 128 g/mol. The molecule has 2 N–H and O–H groups in total. The molecule has 4 nitrogen and oxygen atoms in total. The smallest absolute Gasteiger partial charge is 0.265 e. The Labute approximate surface area is 52.8 Å². The minimum absolute atomic E-state index is 0.0648. The summed E-state index contributed by atoms with van der Waals surface area (Å²) in [6.45, 7) is 4.61. The fourth-order valence-corrected chi connectivity index (χ4v) is 0.253. The lowest BCUT2D eigenvalue weighted by Crippen LogP contribution is -2.04. The van der Waals surface area contributed by atoms with Gasteiger partial charge in [0.25, 0.3) is 5.70 Å². The van der Waals surface area contributed by atoms with Crippen LogP contribution in [0.15, 0.2) is 24.0 Å². The summed E-state index contributed by atoms with van der Waals surface area (Å²) >= 11 is 0. The molecule has 0 radical (unpaired) electrons. The third-order valence-electron chi connectivity index (χ3n) is 0.912. The predicted molar refractivity (Wildman–Crippen MR) is 34.1 cm³/mol. The molecule has 0 saturated carbocycles. The third-order valence-corrected chi connectivity index (χ3v) is 0.912. The standard InChI is InChI=1S/C5H8N2O2/c1-3-5(6)4(2)7(8)9/h3H,1,6H2,2H3/b5-4-. The van der Waals surface area contributed by atoms with E-state index in [-0.39, 0.29) is 11.4 Å². The molecule has 0 unspecified atom stereocenters. The van der Waals surface area contributed by atoms with Gasteiger partial charge in [0.05, 0.1) is 4.92 Å². The van der Waals surface area contributed by atoms with Crippen molar-refractivity contribution < 1.29 is 4.92 Å². The molecule has 0 aliphatic heterocycles. The first-order valence-corrected chi connectivity index (χ1v) is 2.32. The molecule has 0 aliphatic carbocycles. The van der Waals surface area contributed by atoms with E-state index in [1.807, 2.05) is 0 Å². The number of hydrogen-bond donors (Lipinski definition) is 1. The Kier molecular flexibility index (Phi) is 2.44. The second-order valence-electron chi connectivity index (χ2n) is 1.50. The van der Waals surface area contributed by atoms with Gasteiger partial charge in [0, 0.05) is 6.92 Å². The molecule has 0 aromatic carbocycles. The van der Waals surface area contributed by atoms with Crippen LogP contribution in [0.25, 0.3) is 0 Å². The molecule has 4 heteroatoms. The molecule has 9 heavy (non-hydrogen) atoms. The molecule has 0 spiro atoms. The molecule has 0 fully saturated rings. The quantitative estimate of drug-likeness (QED) is 0.337. The van der Waals surface area contributed by atoms with Crippen LogP contribution in [0.5, 0.6) is 0 Å². The van der Waals surface area contributed by atoms with E-state index in [9.17, 15) is 10.1 Å². The summed E-state index contributed by atoms with van der Waals surface area (Å²) in [6, 6.07) is 0. The Hall–Kier alpha value is -1.32. The molecule has 0 bridgehead atoms. The maximum Gasteiger partial charge on any atom is 0.265 e. The highest BCUT2D eigenvalue weighted by atomic mass is 16.6. The lowest BCUT2D eigenvalue weighted by atomic mass is 10.4. The van der Waals surface area contributed by atoms with E-state index < -0.39 is 4.92 Å². The first-order chi connectivity index (χ1) is 4.09. The minimum atomic E-state index is -0.545. The van der Waals surface area contributed by atoms with Gasteiger partial charge in [-0.2, -0.15) is 0 Å². The van der Waals surface area contributed by atoms with Crippen LogP contribution in [-0.2, 0) is 0 Å². The largest absolute Gasteiger partial charge is 0.393 e. The maximum absolute atomic E-state index is 9.92. The van der Waals surface area contributed by atoms with Crippen LogP contribution in [-0.4, -0.2) is 4.92 Å². The van der Waals surface area contributed by atoms with Crippen molar-refractivity contribution in [3.8, 4) is 0 Å². The molecule has 0 saturated heterocycles. The van der Waals surface area contributed by atoms with Crippen molar-refractivity contribution in [2.45, 2.75) is 6.92 Å². The van der Waals surface area contributed by atoms with Gasteiger partial charge in [0.15, 0.2) is 0 Å². The first kappa shape index (κ1) is 7.68. The fraction of sp³-hybridized carbons (Fsp3) is 0.200. The first-order valence-electron chi connectivity index (χ1n) is 2.32. The number of allylic oxidation sites excluding steroid dienone is 2. The summed E-state index contributed by atoms with van der Waals surface area (Å²) in [4.78, 5) is 9.37. The van der Waals surface area contributed by atoms with Crippen molar-refractivity contribution >= 4 is 0 Å². The Bertz CT molecular complexity index is 172. The van der Waals surface area contributed by atoms with E-state index in [1.165, 1.54) is 13.0 Å². The van der Waals surface area contributed by atoms with Crippen LogP contribution >= 0.6 is 0 Å². The van der Waals surface area contributed by atoms with Crippen LogP contribution in [0.3, 0.4) is 0 Å². The summed E-state index contributed by atoms with van der Waals surface area (Å²) in [6.07, 6.45) is 1.25. The van der Waals surface area contributed by atoms with Gasteiger partial charge in [-0.15, -0.1) is 0 Å². The minimum Gasteiger partial charge on any atom is -0.393 e. The lowest BCUT2D eigenvalue weighted by molar-refractivity contribution is -0.425. The number of nitro groups is 1. The topological polar surface area (TPSA) is 69.2 Å². The van der Waals surface area contributed by atoms with E-state index in [1.54, 1.807) is 0 Å². The Morgan fingerprint density at radius 2 is 2.33 bits per heavy atom. The van der Waals surface area contributed by atoms with Crippen molar-refractivity contribution in [1.29, 1.82) is 0 Å². The lowest BCUT2D eigenvalue weighted by Gasteiger charge is -1.90. The molecule has 0 rings (SSSR count). The van der Waals surface area contributed by atoms with E-state index in [0.29, 0.717) is 0 Å². The number of nitrogens with zero attached hydrogens (tertiary/aromatic N) is 1. The number of hydrogen-bond acceptors (Lipinski definition) is 3. The summed E-state index contributed by atoms with van der Waals surface area (Å²) in [7, 11) is 0. The van der Waals surface area contributed by atoms with Gasteiger partial charge < -0.3 is 5.73 Å². The average Bonchev–Trinajstić information content (AvgIpc) is 1.84. The average molecular weight is 128 g/mol. The van der Waals surface area contributed by atoms with Gasteiger partial charge in [-0.1, -0.05) is 6.58 Å². The number of rotatable bonds is 2. The molecular weight excluding hydrogens is 120 g/mol. The van der Waals surface area contributed by atoms with Crippen LogP contribution in [0, 0.1) is 10.1 Å². The van der Waals surface area contributed by atoms with Crippen molar-refractivity contribution in [3.05, 3.63) is 34.2 Å². The van der Waals surface area contributed by atoms with Crippen LogP contribution in [0.4, 0.5) is 0 Å². The summed E-state index contributed by atoms with van der Waals surface area (Å²) in [5.74, 6) is 0. The van der Waals surface area contributed by atoms with Gasteiger partial charge in [-0.3, -0.25) is 10.1 Å². The van der Waals surface area contributed by atoms with Crippen molar-refractivity contribution in [1.82, 2.24) is 0 Å². The predicted octanol–water partition coefficient (Wildman–Crippen LogP) is 0.639. The summed E-state index contributed by atoms with van der Waals surface area (Å²) < 4.78 is 0. The van der Waals surface area contributed by atoms with E-state index in [4.69, 9.17) is 5.73 Å². The second kappa shape index (κ2) is 2.86. The third kappa shape index (κ3) is 1.94. The summed E-state index contributed by atoms with van der Waals surface area (Å²) in [5.41, 5.74) is 5.18. The van der Waals surface area contributed by atoms with Crippen molar-refractivity contribution in [3.63, 3.8) is 0 Å². The highest BCUT2D eigenvalue weighted by Crippen LogP contribution is 1.97. The molecule has 0 aromatic rings. The maximum atomic E-state index is 9.92. The Balaban J connectivity index is 4.47. The molecular formula is C5H8N2O2. The van der Waals surface area contributed by atoms with E-state index in [2.05, 4.69) is 6.58 Å². The van der Waals surface area contributed by atoms with Crippen LogP contribution in [0.1, 0.15) is 6.92 Å². The molecule has 0 aromatic heterocycles. The second-order valence-corrected chi connectivity index (χ2v) is 1.50.